The Bertz CT molecular complexity index is 612. The Morgan fingerprint density at radius 2 is 1.94 bits per heavy atom. The summed E-state index contributed by atoms with van der Waals surface area (Å²) < 4.78 is -0.581. The summed E-state index contributed by atoms with van der Waals surface area (Å²) in [5, 5.41) is 20.6. The zero-order valence-electron chi connectivity index (χ0n) is 9.30. The third kappa shape index (κ3) is 2.47. The van der Waals surface area contributed by atoms with Gasteiger partial charge >= 0.3 is 118 Å². The molecule has 2 N–H and O–H groups in total. The number of phenolic OH excluding ortho intramolecular Hbond substituents is 1. The molecule has 0 saturated carbocycles. The summed E-state index contributed by atoms with van der Waals surface area (Å²) in [6, 6.07) is 8.72. The molecular weight excluding hydrogens is 315 g/mol. The van der Waals surface area contributed by atoms with E-state index in [9.17, 15) is 9.90 Å². The Labute approximate surface area is 118 Å². The van der Waals surface area contributed by atoms with Crippen molar-refractivity contribution >= 4 is 45.2 Å². The van der Waals surface area contributed by atoms with Crippen LogP contribution in [-0.4, -0.2) is 33.0 Å². The normalized spacial score (nSPS) is 12.6. The summed E-state index contributed by atoms with van der Waals surface area (Å²) >= 11 is 8.22. The first kappa shape index (κ1) is 13.3. The molecule has 0 aliphatic carbocycles. The van der Waals surface area contributed by atoms with E-state index in [1.807, 2.05) is 18.2 Å². The fourth-order valence-corrected chi connectivity index (χ4v) is 2.54. The third-order valence-corrected chi connectivity index (χ3v) is 3.95. The summed E-state index contributed by atoms with van der Waals surface area (Å²) in [5.41, 5.74) is 0.748. The molecule has 0 spiro atoms. The molecule has 18 heavy (non-hydrogen) atoms. The monoisotopic (exact) mass is 324 g/mol. The Morgan fingerprint density at radius 3 is 2.56 bits per heavy atom. The number of fused-ring (bicyclic) bond motifs is 1. The number of carboxylic acid groups (broad SMARTS) is 1. The van der Waals surface area contributed by atoms with Crippen molar-refractivity contribution in [2.45, 2.75) is 11.1 Å². The van der Waals surface area contributed by atoms with Crippen molar-refractivity contribution in [1.29, 1.82) is 0 Å². The minimum atomic E-state index is -0.886. The van der Waals surface area contributed by atoms with Gasteiger partial charge in [-0.25, -0.2) is 0 Å². The van der Waals surface area contributed by atoms with Gasteiger partial charge in [0.2, 0.25) is 0 Å². The molecule has 1 unspecified atom stereocenters. The number of phenols is 1. The molecule has 0 heterocycles. The van der Waals surface area contributed by atoms with Gasteiger partial charge in [-0.15, -0.1) is 0 Å². The first-order valence-corrected chi connectivity index (χ1v) is 6.77. The molecule has 1 atom stereocenters. The van der Waals surface area contributed by atoms with Crippen LogP contribution < -0.4 is 0 Å². The molecule has 0 bridgehead atoms. The second kappa shape index (κ2) is 5.21. The van der Waals surface area contributed by atoms with Gasteiger partial charge in [0.1, 0.15) is 0 Å². The van der Waals surface area contributed by atoms with Crippen molar-refractivity contribution in [3.63, 3.8) is 0 Å². The number of halogens is 1. The molecule has 2 rings (SSSR count). The van der Waals surface area contributed by atoms with E-state index in [1.165, 1.54) is 6.07 Å². The van der Waals surface area contributed by atoms with Gasteiger partial charge in [-0.05, 0) is 0 Å². The van der Waals surface area contributed by atoms with Gasteiger partial charge in [0, 0.05) is 0 Å². The number of aromatic hydroxyl groups is 1. The average Bonchev–Trinajstić information content (AvgIpc) is 2.34. The van der Waals surface area contributed by atoms with E-state index < -0.39 is 10.7 Å². The molecule has 2 aromatic rings. The van der Waals surface area contributed by atoms with Crippen LogP contribution in [0.4, 0.5) is 0 Å². The summed E-state index contributed by atoms with van der Waals surface area (Å²) in [4.78, 5) is 10.9. The van der Waals surface area contributed by atoms with Crippen molar-refractivity contribution < 1.29 is 15.0 Å². The van der Waals surface area contributed by atoms with E-state index in [0.29, 0.717) is 16.8 Å². The van der Waals surface area contributed by atoms with Crippen molar-refractivity contribution in [2.75, 3.05) is 0 Å². The van der Waals surface area contributed by atoms with Crippen LogP contribution in [-0.2, 0) is 11.2 Å². The maximum atomic E-state index is 10.9. The van der Waals surface area contributed by atoms with E-state index >= 15 is 0 Å². The van der Waals surface area contributed by atoms with Crippen LogP contribution in [0.5, 0.6) is 5.75 Å². The number of aliphatic carboxylic acids is 1. The van der Waals surface area contributed by atoms with E-state index in [2.05, 4.69) is 16.9 Å². The molecule has 3 nitrogen and oxygen atoms in total. The number of carboxylic acids is 1. The van der Waals surface area contributed by atoms with Gasteiger partial charge < -0.3 is 0 Å². The van der Waals surface area contributed by atoms with Crippen molar-refractivity contribution in [1.82, 2.24) is 0 Å². The van der Waals surface area contributed by atoms with Crippen molar-refractivity contribution in [2.24, 2.45) is 0 Å². The summed E-state index contributed by atoms with van der Waals surface area (Å²) in [5.74, 6) is -0.778. The Kier molecular flexibility index (Phi) is 3.84. The standard InChI is InChI=1S/C13H10AsClO3/c14-10(13(17)18)5-9-7-3-1-2-4-8(7)12(16)6-11(9)15/h1-4,6,10,16H,5H2,(H,17,18). The molecule has 0 amide bonds. The third-order valence-electron chi connectivity index (χ3n) is 2.76. The molecule has 2 aromatic carbocycles. The Hall–Kier alpha value is -1.18. The SMILES string of the molecule is O=C(O)C([As])Cc1c(Cl)cc(O)c2ccccc12. The molecule has 0 aliphatic rings. The fraction of sp³-hybridized carbons (Fsp3) is 0.154. The van der Waals surface area contributed by atoms with Crippen molar-refractivity contribution in [3.8, 4) is 5.75 Å². The van der Waals surface area contributed by atoms with Crippen LogP contribution in [0.1, 0.15) is 5.56 Å². The Morgan fingerprint density at radius 1 is 1.33 bits per heavy atom. The van der Waals surface area contributed by atoms with Crippen LogP contribution in [0, 0.1) is 0 Å². The number of hydrogen-bond donors (Lipinski definition) is 2. The Balaban J connectivity index is 2.59. The zero-order valence-corrected chi connectivity index (χ0v) is 11.9. The molecular formula is C13H10AsClO3. The van der Waals surface area contributed by atoms with Gasteiger partial charge in [-0.2, -0.15) is 0 Å². The topological polar surface area (TPSA) is 57.5 Å². The quantitative estimate of drug-likeness (QED) is 0.854. The molecule has 0 saturated heterocycles. The molecule has 92 valence electrons. The van der Waals surface area contributed by atoms with Gasteiger partial charge in [-0.1, -0.05) is 0 Å². The van der Waals surface area contributed by atoms with Crippen LogP contribution in [0.3, 0.4) is 0 Å². The molecule has 0 aromatic heterocycles. The predicted molar refractivity (Wildman–Crippen MR) is 71.5 cm³/mol. The molecule has 0 aliphatic heterocycles. The van der Waals surface area contributed by atoms with E-state index in [1.54, 1.807) is 6.07 Å². The van der Waals surface area contributed by atoms with Crippen LogP contribution in [0.15, 0.2) is 30.3 Å². The average molecular weight is 325 g/mol. The first-order chi connectivity index (χ1) is 8.50. The summed E-state index contributed by atoms with van der Waals surface area (Å²) in [6.07, 6.45) is 0.314. The van der Waals surface area contributed by atoms with E-state index in [-0.39, 0.29) is 5.75 Å². The van der Waals surface area contributed by atoms with E-state index in [0.717, 1.165) is 10.9 Å². The van der Waals surface area contributed by atoms with Gasteiger partial charge in [-0.3, -0.25) is 0 Å². The number of hydrogen-bond acceptors (Lipinski definition) is 2. The molecule has 5 heteroatoms. The van der Waals surface area contributed by atoms with E-state index in [4.69, 9.17) is 16.7 Å². The number of rotatable bonds is 3. The summed E-state index contributed by atoms with van der Waals surface area (Å²) in [7, 11) is 0. The predicted octanol–water partition coefficient (Wildman–Crippen LogP) is 2.78. The first-order valence-electron chi connectivity index (χ1n) is 5.30. The molecule has 0 fully saturated rings. The van der Waals surface area contributed by atoms with Crippen LogP contribution in [0.25, 0.3) is 10.8 Å². The van der Waals surface area contributed by atoms with Gasteiger partial charge in [0.15, 0.2) is 0 Å². The van der Waals surface area contributed by atoms with Gasteiger partial charge in [0.05, 0.1) is 0 Å². The second-order valence-corrected chi connectivity index (χ2v) is 5.67. The van der Waals surface area contributed by atoms with Crippen LogP contribution >= 0.6 is 11.6 Å². The number of benzene rings is 2. The molecule has 2 radical (unpaired) electrons. The summed E-state index contributed by atoms with van der Waals surface area (Å²) in [6.45, 7) is 0. The number of carbonyl (C=O) groups is 1. The maximum absolute atomic E-state index is 10.9. The van der Waals surface area contributed by atoms with Gasteiger partial charge in [0.25, 0.3) is 0 Å². The zero-order chi connectivity index (χ0) is 13.3. The second-order valence-electron chi connectivity index (χ2n) is 3.96. The minimum absolute atomic E-state index is 0.108. The van der Waals surface area contributed by atoms with Crippen LogP contribution in [0.2, 0.25) is 9.73 Å². The van der Waals surface area contributed by atoms with Crippen molar-refractivity contribution in [3.05, 3.63) is 40.9 Å². The fourth-order valence-electron chi connectivity index (χ4n) is 1.87.